The third-order valence-electron chi connectivity index (χ3n) is 2.90. The van der Waals surface area contributed by atoms with Crippen LogP contribution >= 0.6 is 0 Å². The van der Waals surface area contributed by atoms with Crippen LogP contribution in [0.5, 0.6) is 0 Å². The van der Waals surface area contributed by atoms with Gasteiger partial charge < -0.3 is 15.5 Å². The maximum absolute atomic E-state index is 9.68. The van der Waals surface area contributed by atoms with Crippen molar-refractivity contribution in [3.8, 4) is 0 Å². The van der Waals surface area contributed by atoms with Crippen molar-refractivity contribution in [2.24, 2.45) is 5.92 Å². The zero-order valence-electron chi connectivity index (χ0n) is 9.08. The molecule has 0 aromatic carbocycles. The molecule has 0 spiro atoms. The molecule has 0 amide bonds. The molecule has 2 atom stereocenters. The van der Waals surface area contributed by atoms with Crippen LogP contribution in [0.15, 0.2) is 0 Å². The summed E-state index contributed by atoms with van der Waals surface area (Å²) in [5.41, 5.74) is 0. The van der Waals surface area contributed by atoms with E-state index in [9.17, 15) is 5.11 Å². The van der Waals surface area contributed by atoms with Gasteiger partial charge in [0.05, 0.1) is 12.2 Å². The Kier molecular flexibility index (Phi) is 5.45. The number of rotatable bonds is 6. The molecule has 0 saturated heterocycles. The van der Waals surface area contributed by atoms with E-state index in [0.717, 1.165) is 12.3 Å². The summed E-state index contributed by atoms with van der Waals surface area (Å²) in [7, 11) is 0. The Balaban J connectivity index is 2.00. The highest BCUT2D eigenvalue weighted by Gasteiger charge is 2.18. The molecule has 0 aliphatic heterocycles. The maximum atomic E-state index is 9.68. The Morgan fingerprint density at radius 3 is 2.43 bits per heavy atom. The summed E-state index contributed by atoms with van der Waals surface area (Å²) in [6.07, 6.45) is 5.59. The van der Waals surface area contributed by atoms with E-state index in [1.54, 1.807) is 6.92 Å². The van der Waals surface area contributed by atoms with Gasteiger partial charge in [0, 0.05) is 13.1 Å². The summed E-state index contributed by atoms with van der Waals surface area (Å²) in [4.78, 5) is 0. The average molecular weight is 201 g/mol. The molecule has 0 aromatic heterocycles. The van der Waals surface area contributed by atoms with Crippen LogP contribution in [0.2, 0.25) is 0 Å². The molecule has 3 nitrogen and oxygen atoms in total. The summed E-state index contributed by atoms with van der Waals surface area (Å²) < 4.78 is 0. The maximum Gasteiger partial charge on any atom is 0.0667 e. The lowest BCUT2D eigenvalue weighted by Crippen LogP contribution is -2.32. The van der Waals surface area contributed by atoms with Crippen molar-refractivity contribution in [1.29, 1.82) is 0 Å². The van der Waals surface area contributed by atoms with Gasteiger partial charge in [-0.05, 0) is 19.3 Å². The van der Waals surface area contributed by atoms with Gasteiger partial charge in [-0.25, -0.2) is 0 Å². The van der Waals surface area contributed by atoms with Crippen LogP contribution in [0.4, 0.5) is 0 Å². The molecule has 1 fully saturated rings. The zero-order chi connectivity index (χ0) is 10.4. The molecule has 1 aliphatic carbocycles. The van der Waals surface area contributed by atoms with Gasteiger partial charge in [0.2, 0.25) is 0 Å². The van der Waals surface area contributed by atoms with Crippen molar-refractivity contribution in [3.63, 3.8) is 0 Å². The van der Waals surface area contributed by atoms with E-state index in [0.29, 0.717) is 13.1 Å². The van der Waals surface area contributed by atoms with Gasteiger partial charge >= 0.3 is 0 Å². The molecule has 3 N–H and O–H groups in total. The fourth-order valence-corrected chi connectivity index (χ4v) is 2.17. The van der Waals surface area contributed by atoms with Gasteiger partial charge in [-0.2, -0.15) is 0 Å². The molecule has 1 rings (SSSR count). The third kappa shape index (κ3) is 4.94. The van der Waals surface area contributed by atoms with Gasteiger partial charge in [-0.3, -0.25) is 0 Å². The van der Waals surface area contributed by atoms with Crippen LogP contribution < -0.4 is 5.32 Å². The number of hydrogen-bond donors (Lipinski definition) is 3. The molecule has 1 saturated carbocycles. The minimum absolute atomic E-state index is 0.239. The Morgan fingerprint density at radius 1 is 1.21 bits per heavy atom. The number of hydrogen-bond acceptors (Lipinski definition) is 3. The van der Waals surface area contributed by atoms with E-state index in [2.05, 4.69) is 5.32 Å². The SMILES string of the molecule is CC(O)CNCC(O)CC1CCCC1. The normalized spacial score (nSPS) is 22.5. The van der Waals surface area contributed by atoms with Crippen molar-refractivity contribution in [1.82, 2.24) is 5.32 Å². The summed E-state index contributed by atoms with van der Waals surface area (Å²) in [5.74, 6) is 0.735. The molecule has 2 unspecified atom stereocenters. The lowest BCUT2D eigenvalue weighted by atomic mass is 10.0. The summed E-state index contributed by atoms with van der Waals surface area (Å²) in [6.45, 7) is 2.93. The second-order valence-corrected chi connectivity index (χ2v) is 4.55. The summed E-state index contributed by atoms with van der Waals surface area (Å²) in [5, 5.41) is 21.7. The highest BCUT2D eigenvalue weighted by atomic mass is 16.3. The van der Waals surface area contributed by atoms with Crippen molar-refractivity contribution in [3.05, 3.63) is 0 Å². The first kappa shape index (κ1) is 12.0. The summed E-state index contributed by atoms with van der Waals surface area (Å²) >= 11 is 0. The molecule has 0 heterocycles. The van der Waals surface area contributed by atoms with E-state index < -0.39 is 0 Å². The second kappa shape index (κ2) is 6.38. The smallest absolute Gasteiger partial charge is 0.0667 e. The quantitative estimate of drug-likeness (QED) is 0.598. The standard InChI is InChI=1S/C11H23NO2/c1-9(13)7-12-8-11(14)6-10-4-2-3-5-10/h9-14H,2-8H2,1H3. The topological polar surface area (TPSA) is 52.5 Å². The van der Waals surface area contributed by atoms with Crippen molar-refractivity contribution in [2.45, 2.75) is 51.2 Å². The van der Waals surface area contributed by atoms with Crippen LogP contribution in [0.1, 0.15) is 39.0 Å². The lowest BCUT2D eigenvalue weighted by Gasteiger charge is -2.16. The molecule has 0 aromatic rings. The fourth-order valence-electron chi connectivity index (χ4n) is 2.17. The number of aliphatic hydroxyl groups is 2. The van der Waals surface area contributed by atoms with Gasteiger partial charge in [0.25, 0.3) is 0 Å². The first-order valence-corrected chi connectivity index (χ1v) is 5.75. The molecule has 1 aliphatic rings. The van der Waals surface area contributed by atoms with Crippen LogP contribution in [0.25, 0.3) is 0 Å². The minimum atomic E-state index is -0.325. The first-order valence-electron chi connectivity index (χ1n) is 5.75. The Labute approximate surface area is 86.5 Å². The van der Waals surface area contributed by atoms with Gasteiger partial charge in [-0.1, -0.05) is 25.7 Å². The van der Waals surface area contributed by atoms with E-state index in [-0.39, 0.29) is 12.2 Å². The predicted molar refractivity (Wildman–Crippen MR) is 57.1 cm³/mol. The molecule has 84 valence electrons. The lowest BCUT2D eigenvalue weighted by molar-refractivity contribution is 0.131. The largest absolute Gasteiger partial charge is 0.392 e. The minimum Gasteiger partial charge on any atom is -0.392 e. The molecule has 3 heteroatoms. The molecular weight excluding hydrogens is 178 g/mol. The van der Waals surface area contributed by atoms with E-state index >= 15 is 0 Å². The number of aliphatic hydroxyl groups excluding tert-OH is 2. The Bertz CT molecular complexity index is 144. The van der Waals surface area contributed by atoms with E-state index in [4.69, 9.17) is 5.11 Å². The van der Waals surface area contributed by atoms with Gasteiger partial charge in [-0.15, -0.1) is 0 Å². The van der Waals surface area contributed by atoms with Gasteiger partial charge in [0.1, 0.15) is 0 Å². The van der Waals surface area contributed by atoms with Gasteiger partial charge in [0.15, 0.2) is 0 Å². The van der Waals surface area contributed by atoms with Crippen LogP contribution in [-0.2, 0) is 0 Å². The Hall–Kier alpha value is -0.120. The molecule has 0 bridgehead atoms. The van der Waals surface area contributed by atoms with E-state index in [1.807, 2.05) is 0 Å². The van der Waals surface area contributed by atoms with Crippen molar-refractivity contribution in [2.75, 3.05) is 13.1 Å². The van der Waals surface area contributed by atoms with Crippen molar-refractivity contribution >= 4 is 0 Å². The first-order chi connectivity index (χ1) is 6.68. The average Bonchev–Trinajstić information content (AvgIpc) is 2.56. The monoisotopic (exact) mass is 201 g/mol. The fraction of sp³-hybridized carbons (Fsp3) is 1.00. The Morgan fingerprint density at radius 2 is 1.86 bits per heavy atom. The third-order valence-corrected chi connectivity index (χ3v) is 2.90. The van der Waals surface area contributed by atoms with Crippen LogP contribution in [0.3, 0.4) is 0 Å². The molecule has 14 heavy (non-hydrogen) atoms. The highest BCUT2D eigenvalue weighted by molar-refractivity contribution is 4.72. The van der Waals surface area contributed by atoms with Crippen LogP contribution in [0, 0.1) is 5.92 Å². The molecular formula is C11H23NO2. The zero-order valence-corrected chi connectivity index (χ0v) is 9.08. The highest BCUT2D eigenvalue weighted by Crippen LogP contribution is 2.28. The second-order valence-electron chi connectivity index (χ2n) is 4.55. The van der Waals surface area contributed by atoms with E-state index in [1.165, 1.54) is 25.7 Å². The number of nitrogens with one attached hydrogen (secondary N) is 1. The summed E-state index contributed by atoms with van der Waals surface area (Å²) in [6, 6.07) is 0. The van der Waals surface area contributed by atoms with Crippen LogP contribution in [-0.4, -0.2) is 35.5 Å². The molecule has 0 radical (unpaired) electrons. The predicted octanol–water partition coefficient (Wildman–Crippen LogP) is 0.898. The van der Waals surface area contributed by atoms with Crippen molar-refractivity contribution < 1.29 is 10.2 Å².